The van der Waals surface area contributed by atoms with E-state index >= 15 is 0 Å². The first-order valence-corrected chi connectivity index (χ1v) is 6.26. The zero-order valence-electron chi connectivity index (χ0n) is 10.7. The molecule has 4 heteroatoms. The first-order chi connectivity index (χ1) is 7.49. The molecule has 0 bridgehead atoms. The van der Waals surface area contributed by atoms with Crippen LogP contribution in [0.5, 0.6) is 0 Å². The molecule has 1 unspecified atom stereocenters. The van der Waals surface area contributed by atoms with Crippen molar-refractivity contribution in [1.82, 2.24) is 10.2 Å². The highest BCUT2D eigenvalue weighted by Crippen LogP contribution is 2.07. The predicted octanol–water partition coefficient (Wildman–Crippen LogP) is 0.570. The van der Waals surface area contributed by atoms with Crippen LogP contribution >= 0.6 is 0 Å². The monoisotopic (exact) mass is 227 g/mol. The number of hydrogen-bond acceptors (Lipinski definition) is 3. The van der Waals surface area contributed by atoms with Gasteiger partial charge in [-0.25, -0.2) is 0 Å². The Morgan fingerprint density at radius 3 is 2.75 bits per heavy atom. The summed E-state index contributed by atoms with van der Waals surface area (Å²) in [5.41, 5.74) is 5.88. The molecular weight excluding hydrogens is 202 g/mol. The van der Waals surface area contributed by atoms with Gasteiger partial charge in [-0.05, 0) is 32.2 Å². The van der Waals surface area contributed by atoms with Gasteiger partial charge in [0, 0.05) is 18.6 Å². The minimum absolute atomic E-state index is 0.121. The Balaban J connectivity index is 2.28. The molecule has 4 nitrogen and oxygen atoms in total. The fourth-order valence-corrected chi connectivity index (χ4v) is 1.90. The van der Waals surface area contributed by atoms with Crippen molar-refractivity contribution in [2.75, 3.05) is 19.6 Å². The van der Waals surface area contributed by atoms with Gasteiger partial charge in [-0.15, -0.1) is 0 Å². The average Bonchev–Trinajstić information content (AvgIpc) is 2.16. The minimum Gasteiger partial charge on any atom is -0.352 e. The largest absolute Gasteiger partial charge is 0.352 e. The number of nitrogens with one attached hydrogen (secondary N) is 1. The van der Waals surface area contributed by atoms with Gasteiger partial charge in [0.2, 0.25) is 5.91 Å². The molecule has 3 N–H and O–H groups in total. The second-order valence-electron chi connectivity index (χ2n) is 5.24. The average molecular weight is 227 g/mol. The summed E-state index contributed by atoms with van der Waals surface area (Å²) in [5, 5.41) is 3.02. The number of carbonyl (C=O) groups is 1. The van der Waals surface area contributed by atoms with Gasteiger partial charge in [0.15, 0.2) is 0 Å². The lowest BCUT2D eigenvalue weighted by Gasteiger charge is -2.30. The van der Waals surface area contributed by atoms with Crippen LogP contribution in [0.25, 0.3) is 0 Å². The molecule has 16 heavy (non-hydrogen) atoms. The molecule has 1 saturated heterocycles. The first kappa shape index (κ1) is 13.5. The third-order valence-corrected chi connectivity index (χ3v) is 3.30. The van der Waals surface area contributed by atoms with Gasteiger partial charge in [-0.3, -0.25) is 9.69 Å². The quantitative estimate of drug-likeness (QED) is 0.738. The molecular formula is C12H25N3O. The highest BCUT2D eigenvalue weighted by molar-refractivity contribution is 5.78. The summed E-state index contributed by atoms with van der Waals surface area (Å²) in [4.78, 5) is 13.9. The van der Waals surface area contributed by atoms with Crippen molar-refractivity contribution in [3.05, 3.63) is 0 Å². The lowest BCUT2D eigenvalue weighted by molar-refractivity contribution is -0.123. The number of nitrogens with two attached hydrogens (primary N) is 1. The maximum absolute atomic E-state index is 11.7. The van der Waals surface area contributed by atoms with E-state index in [0.29, 0.717) is 12.5 Å². The second-order valence-corrected chi connectivity index (χ2v) is 5.24. The van der Waals surface area contributed by atoms with Crippen LogP contribution in [-0.2, 0) is 4.79 Å². The van der Waals surface area contributed by atoms with Crippen molar-refractivity contribution in [1.29, 1.82) is 0 Å². The molecule has 0 aromatic rings. The van der Waals surface area contributed by atoms with Gasteiger partial charge in [0.1, 0.15) is 0 Å². The van der Waals surface area contributed by atoms with E-state index in [0.717, 1.165) is 25.9 Å². The smallest absolute Gasteiger partial charge is 0.234 e. The molecule has 1 amide bonds. The van der Waals surface area contributed by atoms with E-state index in [1.165, 1.54) is 0 Å². The van der Waals surface area contributed by atoms with Crippen molar-refractivity contribution >= 4 is 5.91 Å². The van der Waals surface area contributed by atoms with E-state index in [1.807, 2.05) is 6.92 Å². The summed E-state index contributed by atoms with van der Waals surface area (Å²) >= 11 is 0. The van der Waals surface area contributed by atoms with Crippen LogP contribution in [0.2, 0.25) is 0 Å². The first-order valence-electron chi connectivity index (χ1n) is 6.26. The summed E-state index contributed by atoms with van der Waals surface area (Å²) < 4.78 is 0. The number of piperidine rings is 1. The molecule has 1 aliphatic heterocycles. The predicted molar refractivity (Wildman–Crippen MR) is 66.1 cm³/mol. The number of likely N-dealkylation sites (tertiary alicyclic amines) is 1. The summed E-state index contributed by atoms with van der Waals surface area (Å²) in [6.45, 7) is 8.61. The molecule has 94 valence electrons. The highest BCUT2D eigenvalue weighted by Gasteiger charge is 2.19. The molecule has 2 atom stereocenters. The van der Waals surface area contributed by atoms with Gasteiger partial charge >= 0.3 is 0 Å². The maximum Gasteiger partial charge on any atom is 0.234 e. The minimum atomic E-state index is 0.121. The Hall–Kier alpha value is -0.610. The SMILES string of the molecule is CC(C)C(C)NC(=O)CN1CCC[C@@H](N)C1. The Morgan fingerprint density at radius 1 is 1.50 bits per heavy atom. The Bertz CT molecular complexity index is 230. The summed E-state index contributed by atoms with van der Waals surface area (Å²) in [7, 11) is 0. The van der Waals surface area contributed by atoms with E-state index in [4.69, 9.17) is 5.73 Å². The Labute approximate surface area is 98.6 Å². The molecule has 0 saturated carbocycles. The summed E-state index contributed by atoms with van der Waals surface area (Å²) in [6.07, 6.45) is 2.19. The molecule has 0 aromatic heterocycles. The van der Waals surface area contributed by atoms with Gasteiger partial charge in [0.05, 0.1) is 6.54 Å². The fraction of sp³-hybridized carbons (Fsp3) is 0.917. The summed E-state index contributed by atoms with van der Waals surface area (Å²) in [6, 6.07) is 0.482. The molecule has 0 spiro atoms. The molecule has 0 aliphatic carbocycles. The van der Waals surface area contributed by atoms with Crippen LogP contribution in [0.15, 0.2) is 0 Å². The van der Waals surface area contributed by atoms with Crippen LogP contribution in [0.1, 0.15) is 33.6 Å². The van der Waals surface area contributed by atoms with E-state index in [2.05, 4.69) is 24.1 Å². The van der Waals surface area contributed by atoms with E-state index < -0.39 is 0 Å². The topological polar surface area (TPSA) is 58.4 Å². The lowest BCUT2D eigenvalue weighted by Crippen LogP contribution is -2.48. The molecule has 1 fully saturated rings. The number of nitrogens with zero attached hydrogens (tertiary/aromatic N) is 1. The molecule has 1 aliphatic rings. The van der Waals surface area contributed by atoms with Crippen molar-refractivity contribution in [3.63, 3.8) is 0 Å². The van der Waals surface area contributed by atoms with E-state index in [9.17, 15) is 4.79 Å². The molecule has 0 aromatic carbocycles. The lowest BCUT2D eigenvalue weighted by atomic mass is 10.1. The van der Waals surface area contributed by atoms with Crippen LogP contribution < -0.4 is 11.1 Å². The third-order valence-electron chi connectivity index (χ3n) is 3.30. The van der Waals surface area contributed by atoms with Gasteiger partial charge in [-0.1, -0.05) is 13.8 Å². The van der Waals surface area contributed by atoms with Crippen LogP contribution in [0.3, 0.4) is 0 Å². The zero-order valence-corrected chi connectivity index (χ0v) is 10.7. The zero-order chi connectivity index (χ0) is 12.1. The molecule has 1 heterocycles. The van der Waals surface area contributed by atoms with Crippen LogP contribution in [0.4, 0.5) is 0 Å². The van der Waals surface area contributed by atoms with Gasteiger partial charge < -0.3 is 11.1 Å². The number of amides is 1. The van der Waals surface area contributed by atoms with Crippen molar-refractivity contribution in [2.24, 2.45) is 11.7 Å². The second kappa shape index (κ2) is 6.21. The third kappa shape index (κ3) is 4.49. The number of hydrogen-bond donors (Lipinski definition) is 2. The Morgan fingerprint density at radius 2 is 2.19 bits per heavy atom. The van der Waals surface area contributed by atoms with Crippen molar-refractivity contribution in [2.45, 2.75) is 45.7 Å². The number of carbonyl (C=O) groups excluding carboxylic acids is 1. The molecule has 1 rings (SSSR count). The van der Waals surface area contributed by atoms with Crippen molar-refractivity contribution in [3.8, 4) is 0 Å². The van der Waals surface area contributed by atoms with E-state index in [-0.39, 0.29) is 18.0 Å². The normalized spacial score (nSPS) is 24.4. The van der Waals surface area contributed by atoms with Gasteiger partial charge in [0.25, 0.3) is 0 Å². The summed E-state index contributed by atoms with van der Waals surface area (Å²) in [5.74, 6) is 0.600. The number of rotatable bonds is 4. The standard InChI is InChI=1S/C12H25N3O/c1-9(2)10(3)14-12(16)8-15-6-4-5-11(13)7-15/h9-11H,4-8,13H2,1-3H3,(H,14,16)/t10?,11-/m1/s1. The van der Waals surface area contributed by atoms with Crippen LogP contribution in [0, 0.1) is 5.92 Å². The maximum atomic E-state index is 11.7. The van der Waals surface area contributed by atoms with Crippen molar-refractivity contribution < 1.29 is 4.79 Å². The van der Waals surface area contributed by atoms with Gasteiger partial charge in [-0.2, -0.15) is 0 Å². The highest BCUT2D eigenvalue weighted by atomic mass is 16.2. The van der Waals surface area contributed by atoms with E-state index in [1.54, 1.807) is 0 Å². The molecule has 0 radical (unpaired) electrons. The fourth-order valence-electron chi connectivity index (χ4n) is 1.90. The van der Waals surface area contributed by atoms with Crippen LogP contribution in [-0.4, -0.2) is 42.5 Å². The Kier molecular flexibility index (Phi) is 5.22.